The zero-order valence-electron chi connectivity index (χ0n) is 6.85. The van der Waals surface area contributed by atoms with Crippen LogP contribution in [0, 0.1) is 5.21 Å². The van der Waals surface area contributed by atoms with Crippen LogP contribution in [0.2, 0.25) is 0 Å². The molecule has 0 aliphatic carbocycles. The molecule has 0 fully saturated rings. The van der Waals surface area contributed by atoms with Crippen molar-refractivity contribution >= 4 is 34.8 Å². The molecular weight excluding hydrogens is 252 g/mol. The normalized spacial score (nSPS) is 10.7. The number of halogens is 3. The lowest BCUT2D eigenvalue weighted by atomic mass is 10.5. The van der Waals surface area contributed by atoms with Gasteiger partial charge in [-0.2, -0.15) is 4.73 Å². The summed E-state index contributed by atoms with van der Waals surface area (Å²) in [6.07, 6.45) is 0.984. The highest BCUT2D eigenvalue weighted by Gasteiger charge is 2.28. The van der Waals surface area contributed by atoms with E-state index in [-0.39, 0.29) is 0 Å². The molecule has 0 aliphatic heterocycles. The number of aliphatic hydroxyl groups is 2. The molecule has 2 N–H and O–H groups in total. The minimum atomic E-state index is -1.97. The number of hydrogen-bond donors (Lipinski definition) is 2. The summed E-state index contributed by atoms with van der Waals surface area (Å²) in [5.74, 6) is 0. The molecule has 0 spiro atoms. The highest BCUT2D eigenvalue weighted by atomic mass is 35.6. The van der Waals surface area contributed by atoms with Crippen molar-refractivity contribution in [2.45, 2.75) is 10.1 Å². The maximum atomic E-state index is 10.2. The quantitative estimate of drug-likeness (QED) is 0.316. The van der Waals surface area contributed by atoms with E-state index in [1.54, 1.807) is 18.2 Å². The van der Waals surface area contributed by atoms with E-state index < -0.39 is 10.1 Å². The summed E-state index contributed by atoms with van der Waals surface area (Å²) in [6, 6.07) is 5.18. The van der Waals surface area contributed by atoms with Gasteiger partial charge in [-0.15, -0.1) is 0 Å². The lowest BCUT2D eigenvalue weighted by Crippen LogP contribution is -2.23. The van der Waals surface area contributed by atoms with Crippen molar-refractivity contribution in [2.75, 3.05) is 0 Å². The first-order valence-corrected chi connectivity index (χ1v) is 4.54. The molecule has 0 atom stereocenters. The number of rotatable bonds is 0. The SMILES string of the molecule is OC(O)C(Cl)(Cl)Cl.[O-][n+]1ccccc1. The number of nitrogens with zero attached hydrogens (tertiary/aromatic N) is 1. The highest BCUT2D eigenvalue weighted by Crippen LogP contribution is 2.28. The summed E-state index contributed by atoms with van der Waals surface area (Å²) in [6.45, 7) is 0. The molecule has 0 amide bonds. The molecule has 0 saturated heterocycles. The van der Waals surface area contributed by atoms with Gasteiger partial charge in [-0.05, 0) is 0 Å². The van der Waals surface area contributed by atoms with Crippen molar-refractivity contribution < 1.29 is 14.9 Å². The van der Waals surface area contributed by atoms with Crippen LogP contribution < -0.4 is 4.73 Å². The fraction of sp³-hybridized carbons (Fsp3) is 0.286. The summed E-state index contributed by atoms with van der Waals surface area (Å²) < 4.78 is -1.22. The molecule has 0 saturated carbocycles. The average Bonchev–Trinajstić information content (AvgIpc) is 2.04. The van der Waals surface area contributed by atoms with E-state index in [0.29, 0.717) is 0 Å². The van der Waals surface area contributed by atoms with Crippen LogP contribution in [0.15, 0.2) is 30.6 Å². The molecule has 14 heavy (non-hydrogen) atoms. The Hall–Kier alpha value is -0.260. The van der Waals surface area contributed by atoms with E-state index in [4.69, 9.17) is 45.0 Å². The Bertz CT molecular complexity index is 250. The van der Waals surface area contributed by atoms with Gasteiger partial charge in [0.25, 0.3) is 0 Å². The van der Waals surface area contributed by atoms with Crippen LogP contribution in [0.4, 0.5) is 0 Å². The third kappa shape index (κ3) is 7.17. The minimum absolute atomic E-state index is 0.750. The Morgan fingerprint density at radius 1 is 1.07 bits per heavy atom. The van der Waals surface area contributed by atoms with Crippen molar-refractivity contribution in [1.82, 2.24) is 0 Å². The predicted molar refractivity (Wildman–Crippen MR) is 53.9 cm³/mol. The third-order valence-corrected chi connectivity index (χ3v) is 1.57. The molecule has 80 valence electrons. The second-order valence-electron chi connectivity index (χ2n) is 2.15. The Kier molecular flexibility index (Phi) is 6.15. The second-order valence-corrected chi connectivity index (χ2v) is 4.52. The predicted octanol–water partition coefficient (Wildman–Crippen LogP) is 0.987. The fourth-order valence-electron chi connectivity index (χ4n) is 0.383. The van der Waals surface area contributed by atoms with Gasteiger partial charge in [0.15, 0.2) is 18.7 Å². The van der Waals surface area contributed by atoms with Gasteiger partial charge in [0, 0.05) is 12.1 Å². The third-order valence-electron chi connectivity index (χ3n) is 0.981. The van der Waals surface area contributed by atoms with E-state index in [1.165, 1.54) is 12.4 Å². The van der Waals surface area contributed by atoms with Crippen LogP contribution in [-0.2, 0) is 0 Å². The van der Waals surface area contributed by atoms with Crippen LogP contribution in [0.25, 0.3) is 0 Å². The number of hydrogen-bond acceptors (Lipinski definition) is 3. The number of aliphatic hydroxyl groups excluding tert-OH is 1. The molecule has 1 aromatic heterocycles. The zero-order valence-corrected chi connectivity index (χ0v) is 9.12. The van der Waals surface area contributed by atoms with Crippen LogP contribution in [0.5, 0.6) is 0 Å². The first-order chi connectivity index (χ1) is 6.34. The smallest absolute Gasteiger partial charge is 0.240 e. The lowest BCUT2D eigenvalue weighted by molar-refractivity contribution is -0.605. The van der Waals surface area contributed by atoms with E-state index in [9.17, 15) is 5.21 Å². The first kappa shape index (κ1) is 13.7. The molecule has 0 unspecified atom stereocenters. The van der Waals surface area contributed by atoms with Crippen molar-refractivity contribution in [3.8, 4) is 0 Å². The summed E-state index contributed by atoms with van der Waals surface area (Å²) >= 11 is 14.7. The monoisotopic (exact) mass is 259 g/mol. The molecule has 1 aromatic rings. The lowest BCUT2D eigenvalue weighted by Gasteiger charge is -2.10. The molecule has 1 rings (SSSR count). The topological polar surface area (TPSA) is 67.4 Å². The Labute approximate surface area is 95.8 Å². The van der Waals surface area contributed by atoms with Crippen molar-refractivity contribution in [3.63, 3.8) is 0 Å². The largest absolute Gasteiger partial charge is 0.619 e. The summed E-state index contributed by atoms with van der Waals surface area (Å²) in [7, 11) is 0. The van der Waals surface area contributed by atoms with E-state index in [1.807, 2.05) is 0 Å². The molecule has 0 aliphatic rings. The van der Waals surface area contributed by atoms with Crippen LogP contribution in [0.3, 0.4) is 0 Å². The summed E-state index contributed by atoms with van der Waals surface area (Å²) in [5.41, 5.74) is 0. The maximum Gasteiger partial charge on any atom is 0.240 e. The molecule has 1 heterocycles. The molecule has 0 aromatic carbocycles. The van der Waals surface area contributed by atoms with Gasteiger partial charge >= 0.3 is 0 Å². The number of alkyl halides is 3. The summed E-state index contributed by atoms with van der Waals surface area (Å²) in [4.78, 5) is 0. The average molecular weight is 261 g/mol. The molecule has 0 radical (unpaired) electrons. The molecule has 4 nitrogen and oxygen atoms in total. The maximum absolute atomic E-state index is 10.2. The summed E-state index contributed by atoms with van der Waals surface area (Å²) in [5, 5.41) is 26.3. The molecule has 0 bridgehead atoms. The Balaban J connectivity index is 0.000000241. The van der Waals surface area contributed by atoms with Gasteiger partial charge < -0.3 is 15.4 Å². The molecular formula is C7H8Cl3NO3. The van der Waals surface area contributed by atoms with Crippen LogP contribution in [-0.4, -0.2) is 20.3 Å². The zero-order chi connectivity index (χ0) is 11.2. The number of pyridine rings is 1. The Morgan fingerprint density at radius 2 is 1.43 bits per heavy atom. The van der Waals surface area contributed by atoms with Crippen molar-refractivity contribution in [1.29, 1.82) is 0 Å². The van der Waals surface area contributed by atoms with Crippen LogP contribution in [0.1, 0.15) is 0 Å². The second kappa shape index (κ2) is 6.27. The van der Waals surface area contributed by atoms with Crippen molar-refractivity contribution in [3.05, 3.63) is 35.8 Å². The number of aromatic nitrogens is 1. The highest BCUT2D eigenvalue weighted by molar-refractivity contribution is 6.67. The first-order valence-electron chi connectivity index (χ1n) is 3.40. The van der Waals surface area contributed by atoms with Gasteiger partial charge in [-0.1, -0.05) is 40.9 Å². The van der Waals surface area contributed by atoms with Gasteiger partial charge in [0.2, 0.25) is 3.79 Å². The van der Waals surface area contributed by atoms with E-state index in [2.05, 4.69) is 0 Å². The minimum Gasteiger partial charge on any atom is -0.619 e. The fourth-order valence-corrected chi connectivity index (χ4v) is 0.383. The Morgan fingerprint density at radius 3 is 1.57 bits per heavy atom. The standard InChI is InChI=1S/C5H5NO.C2H3Cl3O2/c7-6-4-2-1-3-5-6;3-2(4,5)1(6)7/h1-5H;1,6-7H. The van der Waals surface area contributed by atoms with E-state index >= 15 is 0 Å². The molecule has 7 heteroatoms. The van der Waals surface area contributed by atoms with Gasteiger partial charge in [0.05, 0.1) is 0 Å². The van der Waals surface area contributed by atoms with Crippen molar-refractivity contribution in [2.24, 2.45) is 0 Å². The van der Waals surface area contributed by atoms with Gasteiger partial charge in [-0.3, -0.25) is 0 Å². The van der Waals surface area contributed by atoms with E-state index in [0.717, 1.165) is 4.73 Å². The van der Waals surface area contributed by atoms with Gasteiger partial charge in [-0.25, -0.2) is 0 Å². The van der Waals surface area contributed by atoms with Gasteiger partial charge in [0.1, 0.15) is 0 Å². The van der Waals surface area contributed by atoms with Crippen LogP contribution >= 0.6 is 34.8 Å².